The number of hydrogen-bond donors (Lipinski definition) is 0. The predicted molar refractivity (Wildman–Crippen MR) is 56.0 cm³/mol. The fraction of sp³-hybridized carbons (Fsp3) is 1.00. The van der Waals surface area contributed by atoms with Crippen molar-refractivity contribution in [2.45, 2.75) is 51.6 Å². The molecule has 0 aromatic carbocycles. The molecule has 0 heterocycles. The maximum Gasteiger partial charge on any atom is 0.170 e. The van der Waals surface area contributed by atoms with Gasteiger partial charge in [-0.05, 0) is 25.4 Å². The molecule has 0 N–H and O–H groups in total. The Bertz CT molecular complexity index is 108. The summed E-state index contributed by atoms with van der Waals surface area (Å²) >= 11 is 0. The minimum absolute atomic E-state index is 0.742. The Morgan fingerprint density at radius 3 is 2.42 bits per heavy atom. The van der Waals surface area contributed by atoms with Gasteiger partial charge in [0.15, 0.2) is 9.04 Å². The Morgan fingerprint density at radius 2 is 1.83 bits per heavy atom. The van der Waals surface area contributed by atoms with Crippen molar-refractivity contribution in [2.75, 3.05) is 6.61 Å². The van der Waals surface area contributed by atoms with Crippen LogP contribution >= 0.6 is 0 Å². The molecule has 1 saturated carbocycles. The first-order valence-electron chi connectivity index (χ1n) is 5.40. The molecule has 0 spiro atoms. The van der Waals surface area contributed by atoms with E-state index in [1.165, 1.54) is 38.5 Å². The lowest BCUT2D eigenvalue weighted by Gasteiger charge is -2.21. The molecule has 0 aromatic heterocycles. The van der Waals surface area contributed by atoms with Crippen LogP contribution in [0, 0.1) is 5.92 Å². The highest BCUT2D eigenvalue weighted by atomic mass is 28.3. The van der Waals surface area contributed by atoms with Crippen LogP contribution in [0.3, 0.4) is 0 Å². The smallest absolute Gasteiger partial charge is 0.170 e. The van der Waals surface area contributed by atoms with E-state index in [1.807, 2.05) is 0 Å². The molecule has 0 aliphatic heterocycles. The molecule has 12 heavy (non-hydrogen) atoms. The second-order valence-electron chi connectivity index (χ2n) is 4.21. The van der Waals surface area contributed by atoms with Crippen molar-refractivity contribution < 1.29 is 4.43 Å². The van der Waals surface area contributed by atoms with Gasteiger partial charge in [-0.2, -0.15) is 0 Å². The fourth-order valence-electron chi connectivity index (χ4n) is 1.95. The molecule has 2 heteroatoms. The van der Waals surface area contributed by atoms with Gasteiger partial charge < -0.3 is 4.43 Å². The monoisotopic (exact) mass is 186 g/mol. The van der Waals surface area contributed by atoms with E-state index in [0.29, 0.717) is 0 Å². The summed E-state index contributed by atoms with van der Waals surface area (Å²) < 4.78 is 5.68. The van der Waals surface area contributed by atoms with Gasteiger partial charge in [0.2, 0.25) is 0 Å². The Balaban J connectivity index is 1.98. The molecule has 1 rings (SSSR count). The lowest BCUT2D eigenvalue weighted by atomic mass is 9.87. The van der Waals surface area contributed by atoms with Crippen LogP contribution in [-0.2, 0) is 4.43 Å². The predicted octanol–water partition coefficient (Wildman–Crippen LogP) is 2.96. The highest BCUT2D eigenvalue weighted by Gasteiger charge is 2.12. The van der Waals surface area contributed by atoms with Crippen LogP contribution in [-0.4, -0.2) is 15.6 Å². The van der Waals surface area contributed by atoms with Crippen molar-refractivity contribution in [3.63, 3.8) is 0 Å². The summed E-state index contributed by atoms with van der Waals surface area (Å²) in [6.45, 7) is 5.54. The summed E-state index contributed by atoms with van der Waals surface area (Å²) in [5.74, 6) is 0.992. The molecule has 0 unspecified atom stereocenters. The second-order valence-corrected chi connectivity index (χ2v) is 6.64. The lowest BCUT2D eigenvalue weighted by molar-refractivity contribution is 0.249. The minimum atomic E-state index is -0.742. The van der Waals surface area contributed by atoms with E-state index in [0.717, 1.165) is 12.5 Å². The van der Waals surface area contributed by atoms with Crippen molar-refractivity contribution in [1.29, 1.82) is 0 Å². The molecule has 0 bridgehead atoms. The van der Waals surface area contributed by atoms with Gasteiger partial charge in [-0.1, -0.05) is 32.1 Å². The molecule has 0 radical (unpaired) electrons. The average Bonchev–Trinajstić information content (AvgIpc) is 2.05. The highest BCUT2D eigenvalue weighted by molar-refractivity contribution is 6.48. The van der Waals surface area contributed by atoms with Gasteiger partial charge >= 0.3 is 0 Å². The quantitative estimate of drug-likeness (QED) is 0.613. The molecule has 0 aromatic rings. The Kier molecular flexibility index (Phi) is 4.92. The third-order valence-electron chi connectivity index (χ3n) is 2.70. The van der Waals surface area contributed by atoms with Crippen molar-refractivity contribution in [1.82, 2.24) is 0 Å². The van der Waals surface area contributed by atoms with E-state index in [9.17, 15) is 0 Å². The van der Waals surface area contributed by atoms with Gasteiger partial charge in [0.25, 0.3) is 0 Å². The van der Waals surface area contributed by atoms with Crippen LogP contribution in [0.1, 0.15) is 38.5 Å². The second kappa shape index (κ2) is 5.76. The third kappa shape index (κ3) is 4.26. The Hall–Kier alpha value is 0.177. The first kappa shape index (κ1) is 10.3. The van der Waals surface area contributed by atoms with Crippen LogP contribution in [0.25, 0.3) is 0 Å². The normalized spacial score (nSPS) is 20.2. The van der Waals surface area contributed by atoms with Crippen molar-refractivity contribution in [3.05, 3.63) is 0 Å². The van der Waals surface area contributed by atoms with E-state index >= 15 is 0 Å². The van der Waals surface area contributed by atoms with Gasteiger partial charge in [0.05, 0.1) is 0 Å². The van der Waals surface area contributed by atoms with Crippen molar-refractivity contribution >= 4 is 9.04 Å². The lowest BCUT2D eigenvalue weighted by Crippen LogP contribution is -2.14. The van der Waals surface area contributed by atoms with Crippen LogP contribution in [0.5, 0.6) is 0 Å². The molecular formula is C10H22OSi. The summed E-state index contributed by atoms with van der Waals surface area (Å²) in [7, 11) is -0.742. The molecule has 1 aliphatic carbocycles. The van der Waals surface area contributed by atoms with Gasteiger partial charge in [0, 0.05) is 6.61 Å². The van der Waals surface area contributed by atoms with Gasteiger partial charge in [0.1, 0.15) is 0 Å². The topological polar surface area (TPSA) is 9.23 Å². The molecule has 1 fully saturated rings. The zero-order valence-corrected chi connectivity index (χ0v) is 9.67. The Morgan fingerprint density at radius 1 is 1.17 bits per heavy atom. The number of hydrogen-bond acceptors (Lipinski definition) is 1. The summed E-state index contributed by atoms with van der Waals surface area (Å²) in [6, 6.07) is 0. The van der Waals surface area contributed by atoms with E-state index in [2.05, 4.69) is 13.1 Å². The van der Waals surface area contributed by atoms with Gasteiger partial charge in [-0.25, -0.2) is 0 Å². The molecule has 72 valence electrons. The summed E-state index contributed by atoms with van der Waals surface area (Å²) in [6.07, 6.45) is 8.64. The SMILES string of the molecule is C[SiH](C)OCCC1CCCCC1. The Labute approximate surface area is 78.2 Å². The first-order valence-corrected chi connectivity index (χ1v) is 8.18. The average molecular weight is 186 g/mol. The molecule has 1 nitrogen and oxygen atoms in total. The number of rotatable bonds is 4. The minimum Gasteiger partial charge on any atom is -0.421 e. The summed E-state index contributed by atoms with van der Waals surface area (Å²) in [4.78, 5) is 0. The van der Waals surface area contributed by atoms with Crippen molar-refractivity contribution in [2.24, 2.45) is 5.92 Å². The van der Waals surface area contributed by atoms with Gasteiger partial charge in [-0.3, -0.25) is 0 Å². The van der Waals surface area contributed by atoms with Crippen LogP contribution < -0.4 is 0 Å². The first-order chi connectivity index (χ1) is 5.79. The van der Waals surface area contributed by atoms with Gasteiger partial charge in [-0.15, -0.1) is 0 Å². The molecular weight excluding hydrogens is 164 g/mol. The van der Waals surface area contributed by atoms with Crippen LogP contribution in [0.15, 0.2) is 0 Å². The highest BCUT2D eigenvalue weighted by Crippen LogP contribution is 2.26. The standard InChI is InChI=1S/C10H22OSi/c1-12(2)11-9-8-10-6-4-3-5-7-10/h10,12H,3-9H2,1-2H3. The van der Waals surface area contributed by atoms with Crippen LogP contribution in [0.4, 0.5) is 0 Å². The van der Waals surface area contributed by atoms with Crippen molar-refractivity contribution in [3.8, 4) is 0 Å². The molecule has 0 atom stereocenters. The van der Waals surface area contributed by atoms with Crippen LogP contribution in [0.2, 0.25) is 13.1 Å². The zero-order valence-electron chi connectivity index (χ0n) is 8.51. The molecule has 1 aliphatic rings. The zero-order chi connectivity index (χ0) is 8.81. The maximum absolute atomic E-state index is 5.68. The summed E-state index contributed by atoms with van der Waals surface area (Å²) in [5, 5.41) is 0. The van der Waals surface area contributed by atoms with E-state index in [1.54, 1.807) is 0 Å². The largest absolute Gasteiger partial charge is 0.421 e. The molecule has 0 amide bonds. The molecule has 0 saturated heterocycles. The maximum atomic E-state index is 5.68. The van der Waals surface area contributed by atoms with E-state index in [4.69, 9.17) is 4.43 Å². The summed E-state index contributed by atoms with van der Waals surface area (Å²) in [5.41, 5.74) is 0. The fourth-order valence-corrected chi connectivity index (χ4v) is 2.55. The van der Waals surface area contributed by atoms with E-state index in [-0.39, 0.29) is 0 Å². The van der Waals surface area contributed by atoms with E-state index < -0.39 is 9.04 Å². The third-order valence-corrected chi connectivity index (χ3v) is 3.60.